The van der Waals surface area contributed by atoms with Gasteiger partial charge in [-0.2, -0.15) is 0 Å². The molecule has 0 spiro atoms. The quantitative estimate of drug-likeness (QED) is 0.635. The van der Waals surface area contributed by atoms with Crippen LogP contribution in [0.4, 0.5) is 0 Å². The highest BCUT2D eigenvalue weighted by atomic mass is 32.1. The lowest BCUT2D eigenvalue weighted by Gasteiger charge is -2.31. The van der Waals surface area contributed by atoms with Gasteiger partial charge in [0.1, 0.15) is 5.01 Å². The molecule has 1 aromatic carbocycles. The number of hydrogen-bond donors (Lipinski definition) is 2. The molecule has 1 aliphatic rings. The van der Waals surface area contributed by atoms with E-state index in [-0.39, 0.29) is 11.8 Å². The van der Waals surface area contributed by atoms with Gasteiger partial charge in [0.2, 0.25) is 11.8 Å². The van der Waals surface area contributed by atoms with Crippen molar-refractivity contribution in [1.29, 1.82) is 0 Å². The summed E-state index contributed by atoms with van der Waals surface area (Å²) in [6, 6.07) is 6.24. The maximum absolute atomic E-state index is 12.4. The van der Waals surface area contributed by atoms with Crippen LogP contribution < -0.4 is 11.1 Å². The van der Waals surface area contributed by atoms with Gasteiger partial charge >= 0.3 is 0 Å². The largest absolute Gasteiger partial charge is 0.369 e. The molecule has 30 heavy (non-hydrogen) atoms. The molecule has 3 rings (SSSR count). The summed E-state index contributed by atoms with van der Waals surface area (Å²) < 4.78 is 1.10. The standard InChI is InChI=1S/C23H30N4O2S/c1-3-5-17(4-2)18-6-7-19-20(12-18)30-23(26-19)13-22(29)25-14-16-8-10-27(11-9-16)15-21(24)28/h3-7,12,16H,8-11,13-15H2,1-2H3,(H2,24,28)(H,25,29)/b5-3-,17-4+. The first kappa shape index (κ1) is 22.2. The molecular weight excluding hydrogens is 396 g/mol. The Morgan fingerprint density at radius 1 is 1.30 bits per heavy atom. The second-order valence-corrected chi connectivity index (χ2v) is 8.82. The minimum absolute atomic E-state index is 0.0110. The Hall–Kier alpha value is -2.51. The van der Waals surface area contributed by atoms with Gasteiger partial charge < -0.3 is 11.1 Å². The normalized spacial score (nSPS) is 16.4. The first-order chi connectivity index (χ1) is 14.5. The van der Waals surface area contributed by atoms with E-state index in [0.29, 0.717) is 25.4 Å². The number of nitrogens with two attached hydrogens (primary N) is 1. The lowest BCUT2D eigenvalue weighted by atomic mass is 9.97. The zero-order valence-electron chi connectivity index (χ0n) is 17.7. The van der Waals surface area contributed by atoms with Crippen LogP contribution in [-0.4, -0.2) is 47.9 Å². The predicted octanol–water partition coefficient (Wildman–Crippen LogP) is 3.13. The zero-order chi connectivity index (χ0) is 21.5. The molecule has 1 fully saturated rings. The number of rotatable bonds is 8. The Balaban J connectivity index is 1.52. The summed E-state index contributed by atoms with van der Waals surface area (Å²) in [5.41, 5.74) is 8.52. The third-order valence-corrected chi connectivity index (χ3v) is 6.43. The van der Waals surface area contributed by atoms with Crippen molar-refractivity contribution in [3.8, 4) is 0 Å². The zero-order valence-corrected chi connectivity index (χ0v) is 18.5. The molecule has 2 amide bonds. The molecular formula is C23H30N4O2S. The molecule has 1 saturated heterocycles. The fourth-order valence-electron chi connectivity index (χ4n) is 3.79. The van der Waals surface area contributed by atoms with Crippen molar-refractivity contribution in [2.24, 2.45) is 11.7 Å². The minimum Gasteiger partial charge on any atom is -0.369 e. The number of nitrogens with zero attached hydrogens (tertiary/aromatic N) is 2. The van der Waals surface area contributed by atoms with Crippen molar-refractivity contribution in [3.05, 3.63) is 47.0 Å². The van der Waals surface area contributed by atoms with Crippen LogP contribution >= 0.6 is 11.3 Å². The summed E-state index contributed by atoms with van der Waals surface area (Å²) in [6.45, 7) is 6.74. The smallest absolute Gasteiger partial charge is 0.231 e. The molecule has 0 bridgehead atoms. The van der Waals surface area contributed by atoms with Crippen LogP contribution in [0.15, 0.2) is 36.4 Å². The molecule has 0 saturated carbocycles. The Morgan fingerprint density at radius 3 is 2.73 bits per heavy atom. The number of fused-ring (bicyclic) bond motifs is 1. The fraction of sp³-hybridized carbons (Fsp3) is 0.435. The number of primary amides is 1. The third kappa shape index (κ3) is 6.00. The summed E-state index contributed by atoms with van der Waals surface area (Å²) in [6.07, 6.45) is 8.46. The molecule has 7 heteroatoms. The van der Waals surface area contributed by atoms with Gasteiger partial charge in [0.25, 0.3) is 0 Å². The van der Waals surface area contributed by atoms with E-state index in [0.717, 1.165) is 46.7 Å². The van der Waals surface area contributed by atoms with Gasteiger partial charge in [-0.25, -0.2) is 4.98 Å². The maximum atomic E-state index is 12.4. The molecule has 6 nitrogen and oxygen atoms in total. The first-order valence-electron chi connectivity index (χ1n) is 10.4. The first-order valence-corrected chi connectivity index (χ1v) is 11.3. The predicted molar refractivity (Wildman–Crippen MR) is 123 cm³/mol. The Kier molecular flexibility index (Phi) is 7.76. The van der Waals surface area contributed by atoms with Gasteiger partial charge in [-0.3, -0.25) is 14.5 Å². The van der Waals surface area contributed by atoms with E-state index in [9.17, 15) is 9.59 Å². The van der Waals surface area contributed by atoms with Crippen molar-refractivity contribution in [3.63, 3.8) is 0 Å². The van der Waals surface area contributed by atoms with E-state index in [1.807, 2.05) is 26.0 Å². The summed E-state index contributed by atoms with van der Waals surface area (Å²) in [7, 11) is 0. The number of nitrogens with one attached hydrogen (secondary N) is 1. The molecule has 3 N–H and O–H groups in total. The molecule has 2 heterocycles. The topological polar surface area (TPSA) is 88.3 Å². The number of benzene rings is 1. The number of carbonyl (C=O) groups is 2. The van der Waals surface area contributed by atoms with Crippen LogP contribution in [0.5, 0.6) is 0 Å². The van der Waals surface area contributed by atoms with E-state index >= 15 is 0 Å². The second-order valence-electron chi connectivity index (χ2n) is 7.70. The molecule has 2 aromatic rings. The van der Waals surface area contributed by atoms with Gasteiger partial charge in [0.05, 0.1) is 23.2 Å². The van der Waals surface area contributed by atoms with Crippen LogP contribution in [0, 0.1) is 5.92 Å². The maximum Gasteiger partial charge on any atom is 0.231 e. The van der Waals surface area contributed by atoms with Crippen molar-refractivity contribution in [1.82, 2.24) is 15.2 Å². The van der Waals surface area contributed by atoms with E-state index in [1.165, 1.54) is 5.57 Å². The van der Waals surface area contributed by atoms with E-state index < -0.39 is 0 Å². The van der Waals surface area contributed by atoms with E-state index in [2.05, 4.69) is 39.5 Å². The number of hydrogen-bond acceptors (Lipinski definition) is 5. The molecule has 1 aliphatic heterocycles. The highest BCUT2D eigenvalue weighted by molar-refractivity contribution is 7.18. The molecule has 0 aliphatic carbocycles. The average molecular weight is 427 g/mol. The Morgan fingerprint density at radius 2 is 2.07 bits per heavy atom. The summed E-state index contributed by atoms with van der Waals surface area (Å²) in [5, 5.41) is 3.89. The van der Waals surface area contributed by atoms with E-state index in [1.54, 1.807) is 11.3 Å². The van der Waals surface area contributed by atoms with Crippen molar-refractivity contribution >= 4 is 38.9 Å². The highest BCUT2D eigenvalue weighted by Crippen LogP contribution is 2.27. The number of likely N-dealkylation sites (tertiary alicyclic amines) is 1. The number of amides is 2. The van der Waals surface area contributed by atoms with Gasteiger partial charge in [-0.1, -0.05) is 24.3 Å². The third-order valence-electron chi connectivity index (χ3n) is 5.41. The molecule has 1 aromatic heterocycles. The van der Waals surface area contributed by atoms with Gasteiger partial charge in [0.15, 0.2) is 0 Å². The molecule has 0 radical (unpaired) electrons. The lowest BCUT2D eigenvalue weighted by molar-refractivity contribution is -0.120. The van der Waals surface area contributed by atoms with Crippen molar-refractivity contribution < 1.29 is 9.59 Å². The SMILES string of the molecule is C/C=C\C(=C/C)c1ccc2nc(CC(=O)NCC3CCN(CC(N)=O)CC3)sc2c1. The monoisotopic (exact) mass is 426 g/mol. The average Bonchev–Trinajstić information content (AvgIpc) is 3.12. The van der Waals surface area contributed by atoms with Gasteiger partial charge in [-0.15, -0.1) is 11.3 Å². The van der Waals surface area contributed by atoms with Crippen molar-refractivity contribution in [2.75, 3.05) is 26.2 Å². The summed E-state index contributed by atoms with van der Waals surface area (Å²) in [4.78, 5) is 30.1. The number of allylic oxidation sites excluding steroid dienone is 4. The second kappa shape index (κ2) is 10.5. The number of aromatic nitrogens is 1. The molecule has 160 valence electrons. The van der Waals surface area contributed by atoms with Crippen LogP contribution in [0.1, 0.15) is 37.3 Å². The Labute approximate surface area is 181 Å². The van der Waals surface area contributed by atoms with Crippen LogP contribution in [0.2, 0.25) is 0 Å². The van der Waals surface area contributed by atoms with E-state index in [4.69, 9.17) is 5.73 Å². The van der Waals surface area contributed by atoms with Gasteiger partial charge in [0, 0.05) is 6.54 Å². The van der Waals surface area contributed by atoms with Crippen LogP contribution in [0.25, 0.3) is 15.8 Å². The summed E-state index contributed by atoms with van der Waals surface area (Å²) >= 11 is 1.58. The van der Waals surface area contributed by atoms with Gasteiger partial charge in [-0.05, 0) is 69.0 Å². The molecule has 0 atom stereocenters. The number of thiazole rings is 1. The van der Waals surface area contributed by atoms with Crippen LogP contribution in [0.3, 0.4) is 0 Å². The lowest BCUT2D eigenvalue weighted by Crippen LogP contribution is -2.42. The van der Waals surface area contributed by atoms with Crippen LogP contribution in [-0.2, 0) is 16.0 Å². The number of piperidine rings is 1. The number of carbonyl (C=O) groups excluding carboxylic acids is 2. The fourth-order valence-corrected chi connectivity index (χ4v) is 4.80. The van der Waals surface area contributed by atoms with Crippen molar-refractivity contribution in [2.45, 2.75) is 33.1 Å². The minimum atomic E-state index is -0.284. The molecule has 0 unspecified atom stereocenters. The Bertz CT molecular complexity index is 955. The summed E-state index contributed by atoms with van der Waals surface area (Å²) in [5.74, 6) is 0.173. The highest BCUT2D eigenvalue weighted by Gasteiger charge is 2.20.